The van der Waals surface area contributed by atoms with Crippen LogP contribution in [0.4, 0.5) is 5.69 Å². The summed E-state index contributed by atoms with van der Waals surface area (Å²) in [5.41, 5.74) is 0.301. The molecule has 0 spiro atoms. The normalized spacial score (nSPS) is 17.6. The average Bonchev–Trinajstić information content (AvgIpc) is 3.16. The Balaban J connectivity index is 1.88. The average molecular weight is 540 g/mol. The van der Waals surface area contributed by atoms with Crippen molar-refractivity contribution in [2.75, 3.05) is 35.9 Å². The Bertz CT molecular complexity index is 1160. The van der Waals surface area contributed by atoms with Gasteiger partial charge in [0.15, 0.2) is 0 Å². The van der Waals surface area contributed by atoms with Crippen molar-refractivity contribution in [3.8, 4) is 0 Å². The Kier molecular flexibility index (Phi) is 8.39. The third-order valence-electron chi connectivity index (χ3n) is 5.49. The lowest BCUT2D eigenvalue weighted by Gasteiger charge is -2.29. The van der Waals surface area contributed by atoms with Gasteiger partial charge >= 0.3 is 0 Å². The van der Waals surface area contributed by atoms with Crippen LogP contribution in [0.5, 0.6) is 0 Å². The minimum Gasteiger partial charge on any atom is -0.299 e. The highest BCUT2D eigenvalue weighted by Crippen LogP contribution is 2.34. The molecule has 0 bridgehead atoms. The van der Waals surface area contributed by atoms with Gasteiger partial charge in [-0.3, -0.25) is 9.21 Å². The van der Waals surface area contributed by atoms with E-state index in [1.54, 1.807) is 12.1 Å². The van der Waals surface area contributed by atoms with E-state index in [1.165, 1.54) is 40.9 Å². The van der Waals surface area contributed by atoms with Gasteiger partial charge in [-0.05, 0) is 68.3 Å². The molecule has 1 aliphatic rings. The summed E-state index contributed by atoms with van der Waals surface area (Å²) < 4.78 is 51.5. The third kappa shape index (κ3) is 6.52. The smallest absolute Gasteiger partial charge is 0.264 e. The van der Waals surface area contributed by atoms with E-state index >= 15 is 0 Å². The van der Waals surface area contributed by atoms with Crippen molar-refractivity contribution < 1.29 is 16.8 Å². The van der Waals surface area contributed by atoms with E-state index in [0.717, 1.165) is 19.4 Å². The quantitative estimate of drug-likeness (QED) is 0.460. The highest BCUT2D eigenvalue weighted by Gasteiger charge is 2.30. The van der Waals surface area contributed by atoms with Crippen molar-refractivity contribution in [2.24, 2.45) is 0 Å². The molecule has 0 unspecified atom stereocenters. The molecular formula is C21H25Cl3N2O4S2. The fourth-order valence-electron chi connectivity index (χ4n) is 3.85. The van der Waals surface area contributed by atoms with Gasteiger partial charge in [0.25, 0.3) is 10.0 Å². The molecule has 1 heterocycles. The van der Waals surface area contributed by atoms with Gasteiger partial charge in [-0.1, -0.05) is 34.8 Å². The van der Waals surface area contributed by atoms with Crippen molar-refractivity contribution in [3.05, 3.63) is 57.5 Å². The van der Waals surface area contributed by atoms with Crippen molar-refractivity contribution >= 4 is 60.4 Å². The number of sulfone groups is 1. The molecule has 3 rings (SSSR count). The van der Waals surface area contributed by atoms with Crippen molar-refractivity contribution in [2.45, 2.75) is 30.2 Å². The largest absolute Gasteiger partial charge is 0.299 e. The molecule has 11 heteroatoms. The lowest BCUT2D eigenvalue weighted by atomic mass is 10.1. The van der Waals surface area contributed by atoms with E-state index in [4.69, 9.17) is 34.8 Å². The third-order valence-corrected chi connectivity index (χ3v) is 9.05. The van der Waals surface area contributed by atoms with Crippen LogP contribution in [0.1, 0.15) is 19.3 Å². The molecule has 0 amide bonds. The lowest BCUT2D eigenvalue weighted by molar-refractivity contribution is 0.259. The minimum absolute atomic E-state index is 0.0798. The van der Waals surface area contributed by atoms with E-state index in [2.05, 4.69) is 4.90 Å². The van der Waals surface area contributed by atoms with Crippen LogP contribution in [0, 0.1) is 0 Å². The monoisotopic (exact) mass is 538 g/mol. The molecule has 0 aliphatic carbocycles. The number of hydrogen-bond donors (Lipinski definition) is 0. The van der Waals surface area contributed by atoms with Gasteiger partial charge < -0.3 is 0 Å². The lowest BCUT2D eigenvalue weighted by Crippen LogP contribution is -2.38. The molecule has 0 aromatic heterocycles. The zero-order valence-electron chi connectivity index (χ0n) is 17.5. The van der Waals surface area contributed by atoms with E-state index in [0.29, 0.717) is 28.7 Å². The maximum atomic E-state index is 13.5. The summed E-state index contributed by atoms with van der Waals surface area (Å²) in [7, 11) is -7.01. The predicted molar refractivity (Wildman–Crippen MR) is 131 cm³/mol. The van der Waals surface area contributed by atoms with E-state index in [1.807, 2.05) is 0 Å². The Hall–Kier alpha value is -1.03. The summed E-state index contributed by atoms with van der Waals surface area (Å²) in [6.45, 7) is 1.40. The van der Waals surface area contributed by atoms with Crippen LogP contribution in [-0.2, 0) is 19.9 Å². The topological polar surface area (TPSA) is 74.8 Å². The van der Waals surface area contributed by atoms with Crippen LogP contribution in [0.2, 0.25) is 15.1 Å². The zero-order chi connectivity index (χ0) is 23.5. The van der Waals surface area contributed by atoms with Gasteiger partial charge in [0.2, 0.25) is 0 Å². The summed E-state index contributed by atoms with van der Waals surface area (Å²) in [6.07, 6.45) is 3.57. The second kappa shape index (κ2) is 10.5. The number of halogens is 3. The molecule has 176 valence electrons. The molecule has 1 atom stereocenters. The van der Waals surface area contributed by atoms with Crippen LogP contribution in [-0.4, -0.2) is 59.4 Å². The molecule has 2 aromatic rings. The highest BCUT2D eigenvalue weighted by molar-refractivity contribution is 7.92. The van der Waals surface area contributed by atoms with Gasteiger partial charge in [-0.15, -0.1) is 0 Å². The summed E-state index contributed by atoms with van der Waals surface area (Å²) in [6, 6.07) is 10.7. The molecule has 1 saturated heterocycles. The van der Waals surface area contributed by atoms with Crippen LogP contribution in [0.25, 0.3) is 0 Å². The number of nitrogens with zero attached hydrogens (tertiary/aromatic N) is 2. The van der Waals surface area contributed by atoms with E-state index in [9.17, 15) is 16.8 Å². The highest BCUT2D eigenvalue weighted by atomic mass is 35.5. The summed E-state index contributed by atoms with van der Waals surface area (Å²) in [4.78, 5) is 2.21. The molecule has 0 N–H and O–H groups in total. The molecule has 1 aliphatic heterocycles. The second-order valence-corrected chi connectivity index (χ2v) is 13.3. The summed E-state index contributed by atoms with van der Waals surface area (Å²) in [5.74, 6) is 0.0798. The number of hydrogen-bond acceptors (Lipinski definition) is 5. The molecule has 1 fully saturated rings. The maximum Gasteiger partial charge on any atom is 0.264 e. The van der Waals surface area contributed by atoms with Gasteiger partial charge in [0, 0.05) is 35.4 Å². The second-order valence-electron chi connectivity index (χ2n) is 7.88. The fraction of sp³-hybridized carbons (Fsp3) is 0.429. The number of anilines is 1. The molecule has 0 saturated carbocycles. The SMILES string of the molecule is CS(=O)(=O)CCN1CCC[C@H]1CCN(c1cc(Cl)ccc1Cl)S(=O)(=O)c1ccc(Cl)cc1. The number of benzene rings is 2. The Morgan fingerprint density at radius 2 is 1.66 bits per heavy atom. The van der Waals surface area contributed by atoms with Crippen LogP contribution in [0.3, 0.4) is 0 Å². The first-order valence-electron chi connectivity index (χ1n) is 10.1. The zero-order valence-corrected chi connectivity index (χ0v) is 21.4. The first kappa shape index (κ1) is 25.6. The van der Waals surface area contributed by atoms with Crippen molar-refractivity contribution in [1.29, 1.82) is 0 Å². The predicted octanol–water partition coefficient (Wildman–Crippen LogP) is 4.74. The van der Waals surface area contributed by atoms with Crippen LogP contribution >= 0.6 is 34.8 Å². The maximum absolute atomic E-state index is 13.5. The molecule has 0 radical (unpaired) electrons. The molecule has 6 nitrogen and oxygen atoms in total. The first-order valence-corrected chi connectivity index (χ1v) is 14.8. The minimum atomic E-state index is -3.94. The van der Waals surface area contributed by atoms with Crippen LogP contribution < -0.4 is 4.31 Å². The fourth-order valence-corrected chi connectivity index (χ4v) is 6.47. The Morgan fingerprint density at radius 3 is 2.31 bits per heavy atom. The van der Waals surface area contributed by atoms with Gasteiger partial charge in [-0.2, -0.15) is 0 Å². The molecule has 2 aromatic carbocycles. The Labute approximate surface area is 205 Å². The van der Waals surface area contributed by atoms with Crippen molar-refractivity contribution in [3.63, 3.8) is 0 Å². The van der Waals surface area contributed by atoms with Crippen molar-refractivity contribution in [1.82, 2.24) is 4.90 Å². The van der Waals surface area contributed by atoms with E-state index in [-0.39, 0.29) is 28.3 Å². The summed E-state index contributed by atoms with van der Waals surface area (Å²) in [5, 5.41) is 1.08. The molecular weight excluding hydrogens is 515 g/mol. The molecule has 32 heavy (non-hydrogen) atoms. The standard InChI is InChI=1S/C21H25Cl3N2O4S2/c1-31(27,28)14-13-25-11-2-3-18(25)10-12-26(21-15-17(23)6-9-20(21)24)32(29,30)19-7-4-16(22)5-8-19/h4-9,15,18H,2-3,10-14H2,1H3/t18-/m0/s1. The van der Waals surface area contributed by atoms with Gasteiger partial charge in [0.05, 0.1) is 21.4 Å². The van der Waals surface area contributed by atoms with E-state index < -0.39 is 19.9 Å². The first-order chi connectivity index (χ1) is 15.0. The van der Waals surface area contributed by atoms with Gasteiger partial charge in [-0.25, -0.2) is 16.8 Å². The summed E-state index contributed by atoms with van der Waals surface area (Å²) >= 11 is 18.5. The number of rotatable bonds is 9. The Morgan fingerprint density at radius 1 is 1.00 bits per heavy atom. The number of sulfonamides is 1. The van der Waals surface area contributed by atoms with Gasteiger partial charge in [0.1, 0.15) is 9.84 Å². The van der Waals surface area contributed by atoms with Crippen LogP contribution in [0.15, 0.2) is 47.4 Å². The number of likely N-dealkylation sites (tertiary alicyclic amines) is 1.